The van der Waals surface area contributed by atoms with E-state index in [0.717, 1.165) is 101 Å². The van der Waals surface area contributed by atoms with Gasteiger partial charge in [0.1, 0.15) is 0 Å². The molecule has 0 saturated carbocycles. The minimum Gasteiger partial charge on any atom is -0.310 e. The molecule has 2 aliphatic heterocycles. The highest BCUT2D eigenvalue weighted by atomic mass is 28.3. The second-order valence-corrected chi connectivity index (χ2v) is 26.1. The maximum Gasteiger partial charge on any atom is 0.182 e. The Hall–Kier alpha value is -11.2. The Labute approximate surface area is 509 Å². The molecule has 408 valence electrons. The molecule has 2 aliphatic rings. The Morgan fingerprint density at radius 2 is 0.425 bits per heavy atom. The standard InChI is InChI=1S/C82H56N4Si/c1-9-25-57(26-10-1)75-51-63(52-76(83-75)58-27-11-2-12-28-58)61-41-45-79-71(49-61)72-50-62(64-53-77(59-29-13-3-14-30-59)84-78(54-64)60-31-15-4-16-32-60)42-46-80(72)87(79)81-47-43-69(85(65-33-17-5-18-34-65)66-35-19-6-20-36-66)55-73(81)74-56-70(44-48-82(74)87)86(67-37-21-7-22-38-67)68-39-23-8-24-40-68/h1-56H. The third-order valence-corrected chi connectivity index (χ3v) is 22.4. The summed E-state index contributed by atoms with van der Waals surface area (Å²) in [5.41, 5.74) is 24.2. The molecule has 12 aromatic carbocycles. The van der Waals surface area contributed by atoms with Gasteiger partial charge in [0, 0.05) is 56.4 Å². The molecular weight excluding hydrogens is 1070 g/mol. The van der Waals surface area contributed by atoms with E-state index in [1.54, 1.807) is 0 Å². The largest absolute Gasteiger partial charge is 0.310 e. The van der Waals surface area contributed by atoms with Crippen LogP contribution in [0.15, 0.2) is 340 Å². The molecule has 4 nitrogen and oxygen atoms in total. The van der Waals surface area contributed by atoms with Crippen LogP contribution in [0.2, 0.25) is 0 Å². The van der Waals surface area contributed by atoms with Gasteiger partial charge in [-0.25, -0.2) is 9.97 Å². The molecule has 16 rings (SSSR count). The normalized spacial score (nSPS) is 12.2. The summed E-state index contributed by atoms with van der Waals surface area (Å²) in [5, 5.41) is 5.54. The number of hydrogen-bond donors (Lipinski definition) is 0. The zero-order valence-electron chi connectivity index (χ0n) is 47.6. The predicted octanol–water partition coefficient (Wildman–Crippen LogP) is 18.8. The SMILES string of the molecule is c1ccc(-c2cc(-c3ccc4c(c3)-c3cc(-c5cc(-c6ccccc6)nc(-c6ccccc6)c5)ccc3[Si]43c4ccc(N(c5ccccc5)c5ccccc5)cc4-c4cc(N(c5ccccc5)c5ccccc5)ccc43)cc(-c3ccccc3)n2)cc1. The third kappa shape index (κ3) is 9.08. The molecule has 2 aromatic heterocycles. The highest BCUT2D eigenvalue weighted by Crippen LogP contribution is 2.45. The van der Waals surface area contributed by atoms with Gasteiger partial charge in [0.05, 0.1) is 22.8 Å². The van der Waals surface area contributed by atoms with E-state index in [9.17, 15) is 0 Å². The lowest BCUT2D eigenvalue weighted by molar-refractivity contribution is 1.28. The lowest BCUT2D eigenvalue weighted by Gasteiger charge is -2.30. The first-order valence-electron chi connectivity index (χ1n) is 29.8. The molecule has 0 aliphatic carbocycles. The minimum absolute atomic E-state index is 0.937. The quantitative estimate of drug-likeness (QED) is 0.114. The zero-order valence-corrected chi connectivity index (χ0v) is 48.6. The summed E-state index contributed by atoms with van der Waals surface area (Å²) < 4.78 is 0. The smallest absolute Gasteiger partial charge is 0.182 e. The van der Waals surface area contributed by atoms with Crippen LogP contribution >= 0.6 is 0 Å². The van der Waals surface area contributed by atoms with Gasteiger partial charge in [-0.3, -0.25) is 0 Å². The van der Waals surface area contributed by atoms with Gasteiger partial charge < -0.3 is 9.80 Å². The molecular formula is C82H56N4Si. The van der Waals surface area contributed by atoms with Crippen LogP contribution in [0.1, 0.15) is 0 Å². The first kappa shape index (κ1) is 51.4. The summed E-state index contributed by atoms with van der Waals surface area (Å²) in [6.45, 7) is 0. The number of pyridine rings is 2. The maximum atomic E-state index is 5.33. The Balaban J connectivity index is 0.966. The van der Waals surface area contributed by atoms with E-state index in [4.69, 9.17) is 9.97 Å². The van der Waals surface area contributed by atoms with E-state index in [-0.39, 0.29) is 0 Å². The molecule has 14 aromatic rings. The minimum atomic E-state index is -3.15. The average Bonchev–Trinajstić information content (AvgIpc) is 1.52. The molecule has 87 heavy (non-hydrogen) atoms. The summed E-state index contributed by atoms with van der Waals surface area (Å²) in [7, 11) is -3.15. The van der Waals surface area contributed by atoms with Crippen LogP contribution in [0, 0.1) is 0 Å². The summed E-state index contributed by atoms with van der Waals surface area (Å²) in [5.74, 6) is 0. The van der Waals surface area contributed by atoms with Gasteiger partial charge in [-0.1, -0.05) is 231 Å². The Bertz CT molecular complexity index is 4330. The molecule has 0 saturated heterocycles. The molecule has 0 N–H and O–H groups in total. The average molecular weight is 1130 g/mol. The fourth-order valence-corrected chi connectivity index (χ4v) is 19.0. The van der Waals surface area contributed by atoms with Crippen LogP contribution in [-0.4, -0.2) is 18.0 Å². The number of benzene rings is 12. The lowest BCUT2D eigenvalue weighted by Crippen LogP contribution is -2.70. The highest BCUT2D eigenvalue weighted by Gasteiger charge is 2.54. The van der Waals surface area contributed by atoms with Crippen molar-refractivity contribution in [1.82, 2.24) is 9.97 Å². The molecule has 0 bridgehead atoms. The fraction of sp³-hybridized carbons (Fsp3) is 0. The Morgan fingerprint density at radius 3 is 0.701 bits per heavy atom. The summed E-state index contributed by atoms with van der Waals surface area (Å²) >= 11 is 0. The number of nitrogens with zero attached hydrogens (tertiary/aromatic N) is 4. The van der Waals surface area contributed by atoms with Crippen LogP contribution < -0.4 is 30.5 Å². The van der Waals surface area contributed by atoms with Crippen LogP contribution in [0.25, 0.3) is 89.5 Å². The number of anilines is 6. The first-order chi connectivity index (χ1) is 43.1. The highest BCUT2D eigenvalue weighted by molar-refractivity contribution is 7.24. The summed E-state index contributed by atoms with van der Waals surface area (Å²) in [6.07, 6.45) is 0. The van der Waals surface area contributed by atoms with Gasteiger partial charge >= 0.3 is 0 Å². The molecule has 4 heterocycles. The van der Waals surface area contributed by atoms with Gasteiger partial charge in [-0.2, -0.15) is 0 Å². The van der Waals surface area contributed by atoms with E-state index in [2.05, 4.69) is 350 Å². The van der Waals surface area contributed by atoms with E-state index in [0.29, 0.717) is 0 Å². The van der Waals surface area contributed by atoms with Crippen molar-refractivity contribution < 1.29 is 0 Å². The summed E-state index contributed by atoms with van der Waals surface area (Å²) in [4.78, 5) is 15.5. The number of aromatic nitrogens is 2. The van der Waals surface area contributed by atoms with Crippen molar-refractivity contribution in [1.29, 1.82) is 0 Å². The molecule has 0 unspecified atom stereocenters. The van der Waals surface area contributed by atoms with Gasteiger partial charge in [-0.05, 0) is 174 Å². The third-order valence-electron chi connectivity index (χ3n) is 17.4. The number of rotatable bonds is 12. The number of para-hydroxylation sites is 4. The number of hydrogen-bond acceptors (Lipinski definition) is 4. The number of fused-ring (bicyclic) bond motifs is 10. The molecule has 0 fully saturated rings. The molecule has 1 spiro atoms. The van der Waals surface area contributed by atoms with Crippen molar-refractivity contribution in [3.05, 3.63) is 340 Å². The molecule has 0 atom stereocenters. The second-order valence-electron chi connectivity index (χ2n) is 22.5. The Kier molecular flexibility index (Phi) is 12.8. The van der Waals surface area contributed by atoms with Crippen molar-refractivity contribution in [2.24, 2.45) is 0 Å². The van der Waals surface area contributed by atoms with Gasteiger partial charge in [-0.15, -0.1) is 0 Å². The van der Waals surface area contributed by atoms with Gasteiger partial charge in [0.15, 0.2) is 8.07 Å². The maximum absolute atomic E-state index is 5.33. The molecule has 0 amide bonds. The zero-order chi connectivity index (χ0) is 57.7. The van der Waals surface area contributed by atoms with Crippen molar-refractivity contribution in [3.63, 3.8) is 0 Å². The van der Waals surface area contributed by atoms with Gasteiger partial charge in [0.25, 0.3) is 0 Å². The van der Waals surface area contributed by atoms with Crippen LogP contribution in [0.4, 0.5) is 34.1 Å². The monoisotopic (exact) mass is 1120 g/mol. The molecule has 5 heteroatoms. The van der Waals surface area contributed by atoms with E-state index in [1.165, 1.54) is 43.0 Å². The van der Waals surface area contributed by atoms with Crippen LogP contribution in [0.5, 0.6) is 0 Å². The van der Waals surface area contributed by atoms with Crippen molar-refractivity contribution in [2.45, 2.75) is 0 Å². The van der Waals surface area contributed by atoms with E-state index < -0.39 is 8.07 Å². The Morgan fingerprint density at radius 1 is 0.184 bits per heavy atom. The fourth-order valence-electron chi connectivity index (χ4n) is 13.5. The van der Waals surface area contributed by atoms with Gasteiger partial charge in [0.2, 0.25) is 0 Å². The van der Waals surface area contributed by atoms with Crippen molar-refractivity contribution >= 4 is 62.9 Å². The molecule has 0 radical (unpaired) electrons. The van der Waals surface area contributed by atoms with Crippen LogP contribution in [-0.2, 0) is 0 Å². The first-order valence-corrected chi connectivity index (χ1v) is 31.8. The summed E-state index contributed by atoms with van der Waals surface area (Å²) in [6, 6.07) is 124. The lowest BCUT2D eigenvalue weighted by atomic mass is 9.94. The van der Waals surface area contributed by atoms with Crippen LogP contribution in [0.3, 0.4) is 0 Å². The van der Waals surface area contributed by atoms with E-state index in [1.807, 2.05) is 0 Å². The predicted molar refractivity (Wildman–Crippen MR) is 366 cm³/mol. The second kappa shape index (κ2) is 21.7. The van der Waals surface area contributed by atoms with Crippen molar-refractivity contribution in [3.8, 4) is 89.5 Å². The van der Waals surface area contributed by atoms with E-state index >= 15 is 0 Å². The van der Waals surface area contributed by atoms with Crippen molar-refractivity contribution in [2.75, 3.05) is 9.80 Å². The topological polar surface area (TPSA) is 32.3 Å².